The summed E-state index contributed by atoms with van der Waals surface area (Å²) in [6.45, 7) is -0.310. The summed E-state index contributed by atoms with van der Waals surface area (Å²) in [6, 6.07) is 0.457. The molecule has 16 heavy (non-hydrogen) atoms. The largest absolute Gasteiger partial charge is 0.480 e. The average Bonchev–Trinajstić information content (AvgIpc) is 2.63. The summed E-state index contributed by atoms with van der Waals surface area (Å²) in [5, 5.41) is 21.6. The van der Waals surface area contributed by atoms with Gasteiger partial charge in [0.1, 0.15) is 10.9 Å². The van der Waals surface area contributed by atoms with Crippen molar-refractivity contribution in [3.63, 3.8) is 0 Å². The Kier molecular flexibility index (Phi) is 4.72. The normalized spacial score (nSPS) is 12.1. The maximum atomic E-state index is 11.6. The lowest BCUT2D eigenvalue weighted by molar-refractivity contribution is -0.139. The number of thiophene rings is 1. The van der Waals surface area contributed by atoms with Gasteiger partial charge in [-0.2, -0.15) is 0 Å². The SMILES string of the molecule is O=C(N[C@@H](CCO)C(=O)O)c1sccc1Cl. The summed E-state index contributed by atoms with van der Waals surface area (Å²) in [6.07, 6.45) is -0.0376. The number of amides is 1. The molecule has 5 nitrogen and oxygen atoms in total. The zero-order valence-electron chi connectivity index (χ0n) is 8.14. The van der Waals surface area contributed by atoms with Crippen molar-refractivity contribution in [3.05, 3.63) is 21.3 Å². The standard InChI is InChI=1S/C9H10ClNO4S/c10-5-2-4-16-7(5)8(13)11-6(1-3-12)9(14)15/h2,4,6,12H,1,3H2,(H,11,13)(H,14,15)/t6-/m0/s1. The number of aliphatic hydroxyl groups is 1. The molecule has 0 unspecified atom stereocenters. The van der Waals surface area contributed by atoms with E-state index in [1.165, 1.54) is 0 Å². The molecule has 0 radical (unpaired) electrons. The Labute approximate surface area is 101 Å². The van der Waals surface area contributed by atoms with Crippen molar-refractivity contribution in [2.75, 3.05) is 6.61 Å². The smallest absolute Gasteiger partial charge is 0.326 e. The van der Waals surface area contributed by atoms with Gasteiger partial charge in [-0.15, -0.1) is 11.3 Å². The lowest BCUT2D eigenvalue weighted by Crippen LogP contribution is -2.41. The van der Waals surface area contributed by atoms with Crippen LogP contribution >= 0.6 is 22.9 Å². The van der Waals surface area contributed by atoms with Gasteiger partial charge in [0.15, 0.2) is 0 Å². The van der Waals surface area contributed by atoms with Crippen LogP contribution in [0, 0.1) is 0 Å². The minimum atomic E-state index is -1.19. The van der Waals surface area contributed by atoms with Crippen molar-refractivity contribution in [3.8, 4) is 0 Å². The highest BCUT2D eigenvalue weighted by molar-refractivity contribution is 7.12. The Bertz CT molecular complexity index is 393. The highest BCUT2D eigenvalue weighted by Gasteiger charge is 2.21. The summed E-state index contributed by atoms with van der Waals surface area (Å²) in [5.74, 6) is -1.73. The monoisotopic (exact) mass is 263 g/mol. The van der Waals surface area contributed by atoms with Crippen molar-refractivity contribution in [1.29, 1.82) is 0 Å². The van der Waals surface area contributed by atoms with E-state index < -0.39 is 17.9 Å². The number of rotatable bonds is 5. The van der Waals surface area contributed by atoms with E-state index >= 15 is 0 Å². The zero-order chi connectivity index (χ0) is 12.1. The molecule has 0 aliphatic heterocycles. The van der Waals surface area contributed by atoms with Gasteiger partial charge in [0.25, 0.3) is 5.91 Å². The predicted octanol–water partition coefficient (Wildman–Crippen LogP) is 0.967. The number of carbonyl (C=O) groups excluding carboxylic acids is 1. The molecule has 1 atom stereocenters. The van der Waals surface area contributed by atoms with Crippen molar-refractivity contribution in [1.82, 2.24) is 5.32 Å². The van der Waals surface area contributed by atoms with Gasteiger partial charge in [-0.3, -0.25) is 4.79 Å². The van der Waals surface area contributed by atoms with Gasteiger partial charge in [0.05, 0.1) is 5.02 Å². The molecule has 0 fully saturated rings. The predicted molar refractivity (Wildman–Crippen MR) is 59.9 cm³/mol. The number of aliphatic hydroxyl groups excluding tert-OH is 1. The first-order valence-electron chi connectivity index (χ1n) is 4.43. The summed E-state index contributed by atoms with van der Waals surface area (Å²) in [5.41, 5.74) is 0. The van der Waals surface area contributed by atoms with E-state index in [1.807, 2.05) is 0 Å². The maximum Gasteiger partial charge on any atom is 0.326 e. The number of carboxylic acid groups (broad SMARTS) is 1. The Morgan fingerprint density at radius 2 is 2.25 bits per heavy atom. The number of hydrogen-bond donors (Lipinski definition) is 3. The van der Waals surface area contributed by atoms with E-state index in [9.17, 15) is 9.59 Å². The number of carbonyl (C=O) groups is 2. The molecular formula is C9H10ClNO4S. The Hall–Kier alpha value is -1.11. The number of carboxylic acids is 1. The molecule has 1 aromatic rings. The molecule has 0 spiro atoms. The van der Waals surface area contributed by atoms with Gasteiger partial charge in [0.2, 0.25) is 0 Å². The molecule has 88 valence electrons. The maximum absolute atomic E-state index is 11.6. The fraction of sp³-hybridized carbons (Fsp3) is 0.333. The van der Waals surface area contributed by atoms with Crippen LogP contribution in [0.5, 0.6) is 0 Å². The first kappa shape index (κ1) is 13.0. The lowest BCUT2D eigenvalue weighted by Gasteiger charge is -2.12. The molecule has 7 heteroatoms. The van der Waals surface area contributed by atoms with Crippen LogP contribution in [-0.2, 0) is 4.79 Å². The van der Waals surface area contributed by atoms with E-state index in [0.717, 1.165) is 11.3 Å². The highest BCUT2D eigenvalue weighted by atomic mass is 35.5. The van der Waals surface area contributed by atoms with Crippen LogP contribution in [0.4, 0.5) is 0 Å². The van der Waals surface area contributed by atoms with Crippen LogP contribution in [0.2, 0.25) is 5.02 Å². The second-order valence-electron chi connectivity index (χ2n) is 2.97. The second kappa shape index (κ2) is 5.83. The quantitative estimate of drug-likeness (QED) is 0.739. The molecule has 0 saturated carbocycles. The van der Waals surface area contributed by atoms with E-state index in [2.05, 4.69) is 5.32 Å². The fourth-order valence-electron chi connectivity index (χ4n) is 1.07. The molecule has 0 saturated heterocycles. The summed E-state index contributed by atoms with van der Waals surface area (Å²) >= 11 is 6.86. The van der Waals surface area contributed by atoms with Gasteiger partial charge in [0, 0.05) is 13.0 Å². The van der Waals surface area contributed by atoms with Gasteiger partial charge in [-0.05, 0) is 11.4 Å². The summed E-state index contributed by atoms with van der Waals surface area (Å²) < 4.78 is 0. The molecule has 3 N–H and O–H groups in total. The molecule has 1 rings (SSSR count). The van der Waals surface area contributed by atoms with Crippen LogP contribution in [0.1, 0.15) is 16.1 Å². The first-order valence-corrected chi connectivity index (χ1v) is 5.69. The van der Waals surface area contributed by atoms with E-state index in [-0.39, 0.29) is 22.9 Å². The minimum Gasteiger partial charge on any atom is -0.480 e. The van der Waals surface area contributed by atoms with E-state index in [0.29, 0.717) is 0 Å². The zero-order valence-corrected chi connectivity index (χ0v) is 9.72. The average molecular weight is 264 g/mol. The van der Waals surface area contributed by atoms with Crippen LogP contribution in [0.25, 0.3) is 0 Å². The lowest BCUT2D eigenvalue weighted by atomic mass is 10.2. The summed E-state index contributed by atoms with van der Waals surface area (Å²) in [7, 11) is 0. The van der Waals surface area contributed by atoms with Crippen molar-refractivity contribution in [2.24, 2.45) is 0 Å². The minimum absolute atomic E-state index is 0.0376. The van der Waals surface area contributed by atoms with Crippen molar-refractivity contribution >= 4 is 34.8 Å². The van der Waals surface area contributed by atoms with Crippen LogP contribution in [-0.4, -0.2) is 34.7 Å². The first-order chi connectivity index (χ1) is 7.56. The van der Waals surface area contributed by atoms with Crippen molar-refractivity contribution < 1.29 is 19.8 Å². The fourth-order valence-corrected chi connectivity index (χ4v) is 2.11. The second-order valence-corrected chi connectivity index (χ2v) is 4.30. The van der Waals surface area contributed by atoms with Crippen molar-refractivity contribution in [2.45, 2.75) is 12.5 Å². The molecule has 1 heterocycles. The third kappa shape index (κ3) is 3.19. The van der Waals surface area contributed by atoms with Gasteiger partial charge >= 0.3 is 5.97 Å². The van der Waals surface area contributed by atoms with E-state index in [1.54, 1.807) is 11.4 Å². The third-order valence-electron chi connectivity index (χ3n) is 1.84. The highest BCUT2D eigenvalue weighted by Crippen LogP contribution is 2.21. The van der Waals surface area contributed by atoms with Gasteiger partial charge < -0.3 is 15.5 Å². The molecule has 0 bridgehead atoms. The Morgan fingerprint density at radius 3 is 2.69 bits per heavy atom. The van der Waals surface area contributed by atoms with Crippen LogP contribution in [0.15, 0.2) is 11.4 Å². The molecule has 1 amide bonds. The van der Waals surface area contributed by atoms with Gasteiger partial charge in [-0.1, -0.05) is 11.6 Å². The molecule has 0 aromatic carbocycles. The Balaban J connectivity index is 2.69. The molecular weight excluding hydrogens is 254 g/mol. The van der Waals surface area contributed by atoms with Crippen LogP contribution < -0.4 is 5.32 Å². The number of nitrogens with one attached hydrogen (secondary N) is 1. The third-order valence-corrected chi connectivity index (χ3v) is 3.18. The molecule has 1 aromatic heterocycles. The topological polar surface area (TPSA) is 86.6 Å². The van der Waals surface area contributed by atoms with Crippen LogP contribution in [0.3, 0.4) is 0 Å². The van der Waals surface area contributed by atoms with Gasteiger partial charge in [-0.25, -0.2) is 4.79 Å². The summed E-state index contributed by atoms with van der Waals surface area (Å²) in [4.78, 5) is 22.6. The number of hydrogen-bond acceptors (Lipinski definition) is 4. The number of halogens is 1. The molecule has 0 aliphatic carbocycles. The Morgan fingerprint density at radius 1 is 1.56 bits per heavy atom. The van der Waals surface area contributed by atoms with E-state index in [4.69, 9.17) is 21.8 Å². The molecule has 0 aliphatic rings. The number of aliphatic carboxylic acids is 1.